The summed E-state index contributed by atoms with van der Waals surface area (Å²) >= 11 is 0. The first-order chi connectivity index (χ1) is 11.1. The number of aromatic nitrogens is 4. The van der Waals surface area contributed by atoms with Gasteiger partial charge >= 0.3 is 0 Å². The van der Waals surface area contributed by atoms with Gasteiger partial charge in [0, 0.05) is 57.6 Å². The van der Waals surface area contributed by atoms with Gasteiger partial charge < -0.3 is 4.90 Å². The van der Waals surface area contributed by atoms with Crippen molar-refractivity contribution < 1.29 is 9.59 Å². The lowest BCUT2D eigenvalue weighted by atomic mass is 10.0. The average molecular weight is 315 g/mol. The van der Waals surface area contributed by atoms with E-state index in [1.807, 2.05) is 17.2 Å². The molecule has 3 heterocycles. The Kier molecular flexibility index (Phi) is 4.55. The summed E-state index contributed by atoms with van der Waals surface area (Å²) in [7, 11) is 1.79. The van der Waals surface area contributed by atoms with E-state index < -0.39 is 0 Å². The molecule has 23 heavy (non-hydrogen) atoms. The average Bonchev–Trinajstić information content (AvgIpc) is 3.26. The molecule has 1 saturated heterocycles. The fourth-order valence-corrected chi connectivity index (χ4v) is 3.06. The van der Waals surface area contributed by atoms with Crippen LogP contribution in [0.1, 0.15) is 36.0 Å². The summed E-state index contributed by atoms with van der Waals surface area (Å²) in [5, 5.41) is 8.14. The lowest BCUT2D eigenvalue weighted by Crippen LogP contribution is -2.37. The van der Waals surface area contributed by atoms with Gasteiger partial charge in [-0.1, -0.05) is 0 Å². The van der Waals surface area contributed by atoms with E-state index in [1.54, 1.807) is 35.0 Å². The third-order valence-electron chi connectivity index (χ3n) is 4.26. The number of ketones is 1. The number of aryl methyl sites for hydroxylation is 2. The van der Waals surface area contributed by atoms with Crippen LogP contribution in [0.2, 0.25) is 0 Å². The lowest BCUT2D eigenvalue weighted by molar-refractivity contribution is -0.132. The van der Waals surface area contributed by atoms with Crippen molar-refractivity contribution in [2.75, 3.05) is 6.54 Å². The summed E-state index contributed by atoms with van der Waals surface area (Å²) in [6.07, 6.45) is 9.50. The minimum absolute atomic E-state index is 0.00725. The van der Waals surface area contributed by atoms with Crippen molar-refractivity contribution in [1.29, 1.82) is 0 Å². The predicted octanol–water partition coefficient (Wildman–Crippen LogP) is 1.27. The first-order valence-corrected chi connectivity index (χ1v) is 7.92. The van der Waals surface area contributed by atoms with Crippen molar-refractivity contribution in [2.45, 2.75) is 38.3 Å². The molecule has 0 aromatic carbocycles. The molecule has 2 aromatic heterocycles. The zero-order valence-electron chi connectivity index (χ0n) is 13.3. The molecule has 1 unspecified atom stereocenters. The maximum absolute atomic E-state index is 12.4. The van der Waals surface area contributed by atoms with E-state index >= 15 is 0 Å². The van der Waals surface area contributed by atoms with E-state index in [-0.39, 0.29) is 17.7 Å². The van der Waals surface area contributed by atoms with Crippen molar-refractivity contribution in [3.63, 3.8) is 0 Å². The van der Waals surface area contributed by atoms with Crippen molar-refractivity contribution in [2.24, 2.45) is 7.05 Å². The van der Waals surface area contributed by atoms with Gasteiger partial charge in [-0.05, 0) is 18.9 Å². The summed E-state index contributed by atoms with van der Waals surface area (Å²) in [6.45, 7) is 1.31. The molecule has 0 radical (unpaired) electrons. The van der Waals surface area contributed by atoms with Gasteiger partial charge in [0.2, 0.25) is 5.91 Å². The molecule has 0 spiro atoms. The van der Waals surface area contributed by atoms with E-state index in [4.69, 9.17) is 0 Å². The van der Waals surface area contributed by atoms with Gasteiger partial charge in [0.1, 0.15) is 0 Å². The Hall–Kier alpha value is -2.44. The number of hydrogen-bond donors (Lipinski definition) is 0. The Balaban J connectivity index is 1.56. The molecule has 1 amide bonds. The van der Waals surface area contributed by atoms with Crippen LogP contribution >= 0.6 is 0 Å². The highest BCUT2D eigenvalue weighted by atomic mass is 16.2. The van der Waals surface area contributed by atoms with Crippen LogP contribution in [0.4, 0.5) is 0 Å². The highest BCUT2D eigenvalue weighted by molar-refractivity contribution is 5.96. The molecule has 1 fully saturated rings. The summed E-state index contributed by atoms with van der Waals surface area (Å²) in [5.41, 5.74) is 0.614. The highest BCUT2D eigenvalue weighted by Crippen LogP contribution is 2.22. The Bertz CT molecular complexity index is 676. The Morgan fingerprint density at radius 3 is 2.91 bits per heavy atom. The molecule has 2 aromatic rings. The topological polar surface area (TPSA) is 73.0 Å². The second-order valence-corrected chi connectivity index (χ2v) is 5.93. The number of amides is 1. The van der Waals surface area contributed by atoms with E-state index in [9.17, 15) is 9.59 Å². The standard InChI is InChI=1S/C16H21N5O2/c1-19-12-13(11-18-19)15(22)10-14-4-2-8-21(14)16(23)5-9-20-7-3-6-17-20/h3,6-7,11-12,14H,2,4-5,8-10H2,1H3. The number of Topliss-reactive ketones (excluding diaryl/α,β-unsaturated/α-hetero) is 1. The third-order valence-corrected chi connectivity index (χ3v) is 4.26. The molecule has 0 N–H and O–H groups in total. The second-order valence-electron chi connectivity index (χ2n) is 5.93. The summed E-state index contributed by atoms with van der Waals surface area (Å²) in [5.74, 6) is 0.150. The number of likely N-dealkylation sites (tertiary alicyclic amines) is 1. The van der Waals surface area contributed by atoms with Crippen LogP contribution in [0, 0.1) is 0 Å². The maximum atomic E-state index is 12.4. The number of carbonyl (C=O) groups excluding carboxylic acids is 2. The molecule has 7 nitrogen and oxygen atoms in total. The maximum Gasteiger partial charge on any atom is 0.224 e. The number of hydrogen-bond acceptors (Lipinski definition) is 4. The van der Waals surface area contributed by atoms with Crippen LogP contribution in [0.15, 0.2) is 30.9 Å². The van der Waals surface area contributed by atoms with Crippen LogP contribution in [-0.4, -0.2) is 48.7 Å². The van der Waals surface area contributed by atoms with Gasteiger partial charge in [-0.3, -0.25) is 19.0 Å². The molecule has 0 bridgehead atoms. The molecule has 1 atom stereocenters. The van der Waals surface area contributed by atoms with Gasteiger partial charge in [0.25, 0.3) is 0 Å². The van der Waals surface area contributed by atoms with Gasteiger partial charge in [-0.15, -0.1) is 0 Å². The molecule has 122 valence electrons. The summed E-state index contributed by atoms with van der Waals surface area (Å²) in [4.78, 5) is 26.6. The quantitative estimate of drug-likeness (QED) is 0.753. The van der Waals surface area contributed by atoms with Gasteiger partial charge in [-0.25, -0.2) is 0 Å². The van der Waals surface area contributed by atoms with Crippen LogP contribution in [0.25, 0.3) is 0 Å². The van der Waals surface area contributed by atoms with Crippen molar-refractivity contribution in [1.82, 2.24) is 24.5 Å². The Morgan fingerprint density at radius 2 is 2.22 bits per heavy atom. The molecule has 7 heteroatoms. The van der Waals surface area contributed by atoms with Crippen LogP contribution < -0.4 is 0 Å². The van der Waals surface area contributed by atoms with E-state index in [1.165, 1.54) is 0 Å². The Morgan fingerprint density at radius 1 is 1.35 bits per heavy atom. The molecule has 1 aliphatic heterocycles. The fraction of sp³-hybridized carbons (Fsp3) is 0.500. The second kappa shape index (κ2) is 6.76. The first kappa shape index (κ1) is 15.5. The SMILES string of the molecule is Cn1cc(C(=O)CC2CCCN2C(=O)CCn2cccn2)cn1. The molecule has 0 aliphatic carbocycles. The fourth-order valence-electron chi connectivity index (χ4n) is 3.06. The lowest BCUT2D eigenvalue weighted by Gasteiger charge is -2.24. The monoisotopic (exact) mass is 315 g/mol. The van der Waals surface area contributed by atoms with Crippen molar-refractivity contribution in [3.8, 4) is 0 Å². The van der Waals surface area contributed by atoms with Crippen LogP contribution in [0.3, 0.4) is 0 Å². The largest absolute Gasteiger partial charge is 0.339 e. The van der Waals surface area contributed by atoms with Gasteiger partial charge in [-0.2, -0.15) is 10.2 Å². The van der Waals surface area contributed by atoms with Crippen molar-refractivity contribution >= 4 is 11.7 Å². The highest BCUT2D eigenvalue weighted by Gasteiger charge is 2.30. The molecule has 0 saturated carbocycles. The molecule has 3 rings (SSSR count). The van der Waals surface area contributed by atoms with E-state index in [2.05, 4.69) is 10.2 Å². The Labute approximate surface area is 134 Å². The zero-order valence-corrected chi connectivity index (χ0v) is 13.3. The zero-order chi connectivity index (χ0) is 16.2. The molecular weight excluding hydrogens is 294 g/mol. The van der Waals surface area contributed by atoms with Crippen molar-refractivity contribution in [3.05, 3.63) is 36.4 Å². The minimum Gasteiger partial charge on any atom is -0.339 e. The normalized spacial score (nSPS) is 17.6. The molecular formula is C16H21N5O2. The summed E-state index contributed by atoms with van der Waals surface area (Å²) < 4.78 is 3.37. The van der Waals surface area contributed by atoms with Gasteiger partial charge in [0.05, 0.1) is 11.8 Å². The van der Waals surface area contributed by atoms with Crippen LogP contribution in [-0.2, 0) is 18.4 Å². The smallest absolute Gasteiger partial charge is 0.224 e. The molecule has 1 aliphatic rings. The first-order valence-electron chi connectivity index (χ1n) is 7.92. The van der Waals surface area contributed by atoms with Gasteiger partial charge in [0.15, 0.2) is 5.78 Å². The van der Waals surface area contributed by atoms with E-state index in [0.29, 0.717) is 24.9 Å². The third kappa shape index (κ3) is 3.67. The minimum atomic E-state index is 0.00725. The predicted molar refractivity (Wildman–Crippen MR) is 83.7 cm³/mol. The number of rotatable bonds is 6. The number of carbonyl (C=O) groups is 2. The van der Waals surface area contributed by atoms with E-state index in [0.717, 1.165) is 19.4 Å². The number of nitrogens with zero attached hydrogens (tertiary/aromatic N) is 5. The summed E-state index contributed by atoms with van der Waals surface area (Å²) in [6, 6.07) is 1.85. The van der Waals surface area contributed by atoms with Crippen LogP contribution in [0.5, 0.6) is 0 Å².